The average Bonchev–Trinajstić information content (AvgIpc) is 2.79. The number of nitrogens with one attached hydrogen (secondary N) is 1. The summed E-state index contributed by atoms with van der Waals surface area (Å²) in [5.74, 6) is -3.60. The number of carbonyl (C=O) groups excluding carboxylic acids is 2. The summed E-state index contributed by atoms with van der Waals surface area (Å²) in [6, 6.07) is 10.9. The minimum absolute atomic E-state index is 0.0665. The fourth-order valence-corrected chi connectivity index (χ4v) is 3.94. The first kappa shape index (κ1) is 22.6. The first-order valence-corrected chi connectivity index (χ1v) is 10.2. The number of aromatic amines is 1. The van der Waals surface area contributed by atoms with E-state index >= 15 is 0 Å². The van der Waals surface area contributed by atoms with Gasteiger partial charge in [0.1, 0.15) is 5.82 Å². The number of rotatable bonds is 5. The number of aliphatic carboxylic acids is 1. The zero-order chi connectivity index (χ0) is 24.6. The largest absolute Gasteiger partial charge is 0.478 e. The van der Waals surface area contributed by atoms with Gasteiger partial charge >= 0.3 is 5.97 Å². The maximum absolute atomic E-state index is 13.4. The van der Waals surface area contributed by atoms with Gasteiger partial charge in [-0.3, -0.25) is 19.3 Å². The van der Waals surface area contributed by atoms with Gasteiger partial charge in [0.25, 0.3) is 5.56 Å². The summed E-state index contributed by atoms with van der Waals surface area (Å²) in [5.41, 5.74) is 6.92. The smallest absolute Gasteiger partial charge is 0.333 e. The number of hydrogen-bond acceptors (Lipinski definition) is 5. The van der Waals surface area contributed by atoms with E-state index in [1.54, 1.807) is 6.92 Å². The number of carbonyl (C=O) groups is 3. The molecule has 3 aromatic rings. The van der Waals surface area contributed by atoms with Gasteiger partial charge in [-0.05, 0) is 48.4 Å². The van der Waals surface area contributed by atoms with Crippen LogP contribution in [-0.2, 0) is 9.59 Å². The number of nitrogens with two attached hydrogens (primary N) is 1. The second-order valence-electron chi connectivity index (χ2n) is 7.82. The number of aromatic nitrogens is 2. The molecule has 172 valence electrons. The van der Waals surface area contributed by atoms with Crippen molar-refractivity contribution in [3.8, 4) is 11.3 Å². The monoisotopic (exact) mass is 462 g/mol. The van der Waals surface area contributed by atoms with Gasteiger partial charge in [-0.1, -0.05) is 12.1 Å². The van der Waals surface area contributed by atoms with Crippen LogP contribution in [-0.4, -0.2) is 33.1 Å². The highest BCUT2D eigenvalue weighted by Crippen LogP contribution is 2.39. The van der Waals surface area contributed by atoms with Crippen molar-refractivity contribution in [1.29, 1.82) is 0 Å². The third-order valence-corrected chi connectivity index (χ3v) is 5.63. The molecule has 0 radical (unpaired) electrons. The van der Waals surface area contributed by atoms with E-state index in [1.807, 2.05) is 0 Å². The first-order valence-electron chi connectivity index (χ1n) is 10.2. The Balaban J connectivity index is 1.90. The molecule has 0 saturated carbocycles. The van der Waals surface area contributed by atoms with Crippen LogP contribution in [0.25, 0.3) is 11.3 Å². The Hall–Kier alpha value is -4.60. The molecule has 0 unspecified atom stereocenters. The number of hydrogen-bond donors (Lipinski definition) is 3. The maximum atomic E-state index is 13.4. The van der Waals surface area contributed by atoms with Crippen LogP contribution in [0.3, 0.4) is 0 Å². The van der Waals surface area contributed by atoms with Gasteiger partial charge in [0, 0.05) is 35.7 Å². The lowest BCUT2D eigenvalue weighted by Crippen LogP contribution is -2.35. The summed E-state index contributed by atoms with van der Waals surface area (Å²) in [6.07, 6.45) is 1.04. The second kappa shape index (κ2) is 8.74. The Morgan fingerprint density at radius 1 is 1.15 bits per heavy atom. The Kier molecular flexibility index (Phi) is 5.80. The lowest BCUT2D eigenvalue weighted by Gasteiger charge is -2.31. The van der Waals surface area contributed by atoms with Crippen molar-refractivity contribution in [2.24, 2.45) is 5.73 Å². The van der Waals surface area contributed by atoms with E-state index in [2.05, 4.69) is 10.2 Å². The number of anilines is 1. The number of amides is 2. The van der Waals surface area contributed by atoms with Crippen LogP contribution in [0.15, 0.2) is 65.1 Å². The highest BCUT2D eigenvalue weighted by Gasteiger charge is 2.34. The molecule has 4 N–H and O–H groups in total. The maximum Gasteiger partial charge on any atom is 0.333 e. The highest BCUT2D eigenvalue weighted by molar-refractivity contribution is 6.06. The van der Waals surface area contributed by atoms with Gasteiger partial charge in [0.05, 0.1) is 17.0 Å². The minimum atomic E-state index is -1.24. The predicted molar refractivity (Wildman–Crippen MR) is 121 cm³/mol. The summed E-state index contributed by atoms with van der Waals surface area (Å²) in [6.45, 7) is 1.63. The number of halogens is 1. The van der Waals surface area contributed by atoms with Crippen molar-refractivity contribution in [3.05, 3.63) is 93.2 Å². The molecule has 1 aliphatic heterocycles. The fraction of sp³-hybridized carbons (Fsp3) is 0.125. The Bertz CT molecular complexity index is 1390. The zero-order valence-corrected chi connectivity index (χ0v) is 17.9. The minimum Gasteiger partial charge on any atom is -0.478 e. The van der Waals surface area contributed by atoms with E-state index in [1.165, 1.54) is 59.6 Å². The standard InChI is InChI=1S/C24H19FN4O5/c1-12-8-20(17(9-15(12)23(26)32)19-6-7-21(30)28-27-19)29-11-18(24(33)34)16(10-22(29)31)13-2-4-14(25)5-3-13/h2-9,11,16H,10H2,1H3,(H2,26,32)(H,28,30)(H,33,34)/t16-/m0/s1. The molecule has 0 spiro atoms. The number of carboxylic acids is 1. The van der Waals surface area contributed by atoms with Gasteiger partial charge in [0.2, 0.25) is 11.8 Å². The molecule has 4 rings (SSSR count). The number of primary amides is 1. The Labute approximate surface area is 192 Å². The van der Waals surface area contributed by atoms with Crippen LogP contribution in [0.2, 0.25) is 0 Å². The molecular formula is C24H19FN4O5. The number of nitrogens with zero attached hydrogens (tertiary/aromatic N) is 2. The topological polar surface area (TPSA) is 146 Å². The van der Waals surface area contributed by atoms with Crippen molar-refractivity contribution in [2.45, 2.75) is 19.3 Å². The van der Waals surface area contributed by atoms with Crippen LogP contribution in [0.1, 0.15) is 33.8 Å². The van der Waals surface area contributed by atoms with E-state index < -0.39 is 35.1 Å². The molecule has 10 heteroatoms. The Morgan fingerprint density at radius 3 is 2.44 bits per heavy atom. The Morgan fingerprint density at radius 2 is 1.85 bits per heavy atom. The zero-order valence-electron chi connectivity index (χ0n) is 17.9. The normalized spacial score (nSPS) is 15.7. The van der Waals surface area contributed by atoms with E-state index in [-0.39, 0.29) is 28.9 Å². The van der Waals surface area contributed by atoms with Crippen molar-refractivity contribution in [1.82, 2.24) is 10.2 Å². The molecule has 0 saturated heterocycles. The molecule has 1 aromatic heterocycles. The third kappa shape index (κ3) is 4.20. The summed E-state index contributed by atoms with van der Waals surface area (Å²) >= 11 is 0. The highest BCUT2D eigenvalue weighted by atomic mass is 19.1. The van der Waals surface area contributed by atoms with Crippen molar-refractivity contribution >= 4 is 23.5 Å². The lowest BCUT2D eigenvalue weighted by molar-refractivity contribution is -0.133. The number of carboxylic acid groups (broad SMARTS) is 1. The quantitative estimate of drug-likeness (QED) is 0.531. The molecule has 2 amide bonds. The molecule has 2 aromatic carbocycles. The van der Waals surface area contributed by atoms with Crippen LogP contribution in [0.5, 0.6) is 0 Å². The van der Waals surface area contributed by atoms with E-state index in [0.29, 0.717) is 16.7 Å². The van der Waals surface area contributed by atoms with E-state index in [9.17, 15) is 28.7 Å². The molecule has 1 atom stereocenters. The fourth-order valence-electron chi connectivity index (χ4n) is 3.94. The van der Waals surface area contributed by atoms with Crippen molar-refractivity contribution in [2.75, 3.05) is 4.90 Å². The van der Waals surface area contributed by atoms with Crippen LogP contribution in [0, 0.1) is 12.7 Å². The lowest BCUT2D eigenvalue weighted by atomic mass is 9.85. The molecule has 2 heterocycles. The molecule has 0 aliphatic carbocycles. The second-order valence-corrected chi connectivity index (χ2v) is 7.82. The van der Waals surface area contributed by atoms with Crippen LogP contribution >= 0.6 is 0 Å². The van der Waals surface area contributed by atoms with Gasteiger partial charge in [-0.25, -0.2) is 14.3 Å². The molecule has 9 nitrogen and oxygen atoms in total. The SMILES string of the molecule is Cc1cc(N2C=C(C(=O)O)[C@H](c3ccc(F)cc3)CC2=O)c(-c2ccc(=O)[nH]n2)cc1C(N)=O. The molecule has 0 fully saturated rings. The van der Waals surface area contributed by atoms with Crippen molar-refractivity contribution < 1.29 is 23.9 Å². The number of benzene rings is 2. The molecule has 1 aliphatic rings. The summed E-state index contributed by atoms with van der Waals surface area (Å²) in [4.78, 5) is 49.9. The van der Waals surface area contributed by atoms with E-state index in [0.717, 1.165) is 0 Å². The van der Waals surface area contributed by atoms with Crippen LogP contribution < -0.4 is 16.2 Å². The van der Waals surface area contributed by atoms with Gasteiger partial charge in [-0.2, -0.15) is 5.10 Å². The van der Waals surface area contributed by atoms with Gasteiger partial charge in [-0.15, -0.1) is 0 Å². The van der Waals surface area contributed by atoms with Crippen LogP contribution in [0.4, 0.5) is 10.1 Å². The third-order valence-electron chi connectivity index (χ3n) is 5.63. The number of H-pyrrole nitrogens is 1. The summed E-state index contributed by atoms with van der Waals surface area (Å²) in [5, 5.41) is 16.2. The molecular weight excluding hydrogens is 443 g/mol. The molecule has 34 heavy (non-hydrogen) atoms. The first-order chi connectivity index (χ1) is 16.2. The van der Waals surface area contributed by atoms with E-state index in [4.69, 9.17) is 5.73 Å². The summed E-state index contributed by atoms with van der Waals surface area (Å²) in [7, 11) is 0. The molecule has 0 bridgehead atoms. The van der Waals surface area contributed by atoms with Gasteiger partial charge in [0.15, 0.2) is 0 Å². The van der Waals surface area contributed by atoms with Crippen molar-refractivity contribution in [3.63, 3.8) is 0 Å². The van der Waals surface area contributed by atoms with Gasteiger partial charge < -0.3 is 10.8 Å². The predicted octanol–water partition coefficient (Wildman–Crippen LogP) is 2.47. The number of aryl methyl sites for hydroxylation is 1. The average molecular weight is 462 g/mol. The summed E-state index contributed by atoms with van der Waals surface area (Å²) < 4.78 is 13.4.